The van der Waals surface area contributed by atoms with Crippen LogP contribution in [-0.2, 0) is 19.4 Å². The van der Waals surface area contributed by atoms with Crippen LogP contribution in [0.5, 0.6) is 0 Å². The number of rotatable bonds is 3. The van der Waals surface area contributed by atoms with Gasteiger partial charge in [-0.3, -0.25) is 4.79 Å². The van der Waals surface area contributed by atoms with E-state index in [9.17, 15) is 23.1 Å². The Bertz CT molecular complexity index is 493. The second-order valence-corrected chi connectivity index (χ2v) is 8.62. The number of alkyl carbamates (subject to hydrolysis) is 1. The molecule has 2 atom stereocenters. The van der Waals surface area contributed by atoms with Crippen molar-refractivity contribution < 1.29 is 27.9 Å². The number of carbonyl (C=O) groups is 2. The van der Waals surface area contributed by atoms with Crippen molar-refractivity contribution in [1.29, 1.82) is 0 Å². The summed E-state index contributed by atoms with van der Waals surface area (Å²) >= 11 is 0. The van der Waals surface area contributed by atoms with E-state index < -0.39 is 39.3 Å². The molecule has 1 heterocycles. The van der Waals surface area contributed by atoms with Crippen LogP contribution in [0.3, 0.4) is 0 Å². The fourth-order valence-corrected chi connectivity index (χ4v) is 3.75. The molecule has 122 valence electrons. The van der Waals surface area contributed by atoms with Crippen molar-refractivity contribution in [3.63, 3.8) is 0 Å². The molecule has 8 heteroatoms. The van der Waals surface area contributed by atoms with E-state index in [1.54, 1.807) is 20.8 Å². The van der Waals surface area contributed by atoms with Gasteiger partial charge in [0, 0.05) is 6.54 Å². The van der Waals surface area contributed by atoms with Crippen molar-refractivity contribution in [2.45, 2.75) is 39.2 Å². The van der Waals surface area contributed by atoms with Crippen LogP contribution in [0.15, 0.2) is 0 Å². The van der Waals surface area contributed by atoms with Crippen molar-refractivity contribution in [3.05, 3.63) is 0 Å². The Labute approximate surface area is 125 Å². The largest absolute Gasteiger partial charge is 0.481 e. The molecule has 0 bridgehead atoms. The lowest BCUT2D eigenvalue weighted by molar-refractivity contribution is -0.143. The Hall–Kier alpha value is -1.31. The number of sulfone groups is 1. The van der Waals surface area contributed by atoms with Gasteiger partial charge in [-0.2, -0.15) is 0 Å². The Kier molecular flexibility index (Phi) is 5.61. The van der Waals surface area contributed by atoms with Gasteiger partial charge in [0.05, 0.1) is 17.4 Å². The summed E-state index contributed by atoms with van der Waals surface area (Å²) in [4.78, 5) is 22.9. The summed E-state index contributed by atoms with van der Waals surface area (Å²) in [7, 11) is -3.19. The summed E-state index contributed by atoms with van der Waals surface area (Å²) in [5.41, 5.74) is -0.636. The fourth-order valence-electron chi connectivity index (χ4n) is 2.27. The number of amides is 1. The second-order valence-electron chi connectivity index (χ2n) is 6.32. The first kappa shape index (κ1) is 17.7. The van der Waals surface area contributed by atoms with Crippen LogP contribution in [0, 0.1) is 11.8 Å². The van der Waals surface area contributed by atoms with E-state index in [-0.39, 0.29) is 30.9 Å². The van der Waals surface area contributed by atoms with Crippen molar-refractivity contribution in [3.8, 4) is 0 Å². The molecule has 0 aromatic carbocycles. The molecule has 0 radical (unpaired) electrons. The molecule has 21 heavy (non-hydrogen) atoms. The number of hydrogen-bond donors (Lipinski definition) is 2. The number of carboxylic acid groups (broad SMARTS) is 1. The SMILES string of the molecule is CC(C)(C)OC(=O)NCC1CCS(=O)(=O)CCC1C(=O)O. The van der Waals surface area contributed by atoms with Gasteiger partial charge in [0.15, 0.2) is 0 Å². The van der Waals surface area contributed by atoms with Crippen LogP contribution in [0.2, 0.25) is 0 Å². The maximum Gasteiger partial charge on any atom is 0.407 e. The third-order valence-corrected chi connectivity index (χ3v) is 5.05. The average Bonchev–Trinajstić information content (AvgIpc) is 2.43. The van der Waals surface area contributed by atoms with Crippen LogP contribution in [-0.4, -0.2) is 49.2 Å². The highest BCUT2D eigenvalue weighted by Gasteiger charge is 2.34. The number of aliphatic carboxylic acids is 1. The molecule has 0 aromatic heterocycles. The van der Waals surface area contributed by atoms with Gasteiger partial charge in [-0.15, -0.1) is 0 Å². The zero-order chi connectivity index (χ0) is 16.3. The van der Waals surface area contributed by atoms with E-state index in [1.165, 1.54) is 0 Å². The molecule has 7 nitrogen and oxygen atoms in total. The molecular formula is C13H23NO6S. The summed E-state index contributed by atoms with van der Waals surface area (Å²) in [5, 5.41) is 11.7. The number of carbonyl (C=O) groups excluding carboxylic acids is 1. The van der Waals surface area contributed by atoms with Gasteiger partial charge in [-0.1, -0.05) is 0 Å². The maximum atomic E-state index is 11.6. The third kappa shape index (κ3) is 6.33. The third-order valence-electron chi connectivity index (χ3n) is 3.33. The summed E-state index contributed by atoms with van der Waals surface area (Å²) in [6, 6.07) is 0. The zero-order valence-electron chi connectivity index (χ0n) is 12.6. The molecule has 0 aromatic rings. The first-order chi connectivity index (χ1) is 9.50. The monoisotopic (exact) mass is 321 g/mol. The molecule has 1 aliphatic rings. The predicted octanol–water partition coefficient (Wildman–Crippen LogP) is 1.04. The van der Waals surface area contributed by atoms with Crippen LogP contribution < -0.4 is 5.32 Å². The molecule has 1 rings (SSSR count). The molecule has 0 spiro atoms. The second kappa shape index (κ2) is 6.64. The number of carboxylic acids is 1. The van der Waals surface area contributed by atoms with Crippen LogP contribution >= 0.6 is 0 Å². The minimum atomic E-state index is -3.19. The van der Waals surface area contributed by atoms with Gasteiger partial charge in [-0.25, -0.2) is 13.2 Å². The van der Waals surface area contributed by atoms with Gasteiger partial charge in [-0.05, 0) is 39.5 Å². The topological polar surface area (TPSA) is 110 Å². The Balaban J connectivity index is 2.65. The molecule has 1 amide bonds. The van der Waals surface area contributed by atoms with E-state index in [0.29, 0.717) is 0 Å². The quantitative estimate of drug-likeness (QED) is 0.803. The molecule has 1 aliphatic heterocycles. The molecule has 2 unspecified atom stereocenters. The van der Waals surface area contributed by atoms with Gasteiger partial charge >= 0.3 is 12.1 Å². The van der Waals surface area contributed by atoms with E-state index in [0.717, 1.165) is 0 Å². The Morgan fingerprint density at radius 2 is 1.81 bits per heavy atom. The summed E-state index contributed by atoms with van der Waals surface area (Å²) in [6.45, 7) is 5.28. The van der Waals surface area contributed by atoms with E-state index in [4.69, 9.17) is 4.74 Å². The van der Waals surface area contributed by atoms with Gasteiger partial charge in [0.2, 0.25) is 0 Å². The average molecular weight is 321 g/mol. The minimum absolute atomic E-state index is 0.0442. The lowest BCUT2D eigenvalue weighted by atomic mass is 9.88. The molecule has 0 saturated carbocycles. The molecular weight excluding hydrogens is 298 g/mol. The van der Waals surface area contributed by atoms with Crippen LogP contribution in [0.1, 0.15) is 33.6 Å². The first-order valence-electron chi connectivity index (χ1n) is 6.90. The standard InChI is InChI=1S/C13H23NO6S/c1-13(2,3)20-12(17)14-8-9-4-6-21(18,19)7-5-10(9)11(15)16/h9-10H,4-8H2,1-3H3,(H,14,17)(H,15,16). The van der Waals surface area contributed by atoms with Gasteiger partial charge in [0.25, 0.3) is 0 Å². The van der Waals surface area contributed by atoms with Crippen molar-refractivity contribution >= 4 is 21.9 Å². The normalized spacial score (nSPS) is 25.7. The molecule has 1 saturated heterocycles. The number of nitrogens with one attached hydrogen (secondary N) is 1. The van der Waals surface area contributed by atoms with E-state index >= 15 is 0 Å². The smallest absolute Gasteiger partial charge is 0.407 e. The Morgan fingerprint density at radius 3 is 2.33 bits per heavy atom. The zero-order valence-corrected chi connectivity index (χ0v) is 13.4. The van der Waals surface area contributed by atoms with Crippen LogP contribution in [0.25, 0.3) is 0 Å². The maximum absolute atomic E-state index is 11.6. The summed E-state index contributed by atoms with van der Waals surface area (Å²) in [6.07, 6.45) is -0.313. The highest BCUT2D eigenvalue weighted by atomic mass is 32.2. The lowest BCUT2D eigenvalue weighted by Crippen LogP contribution is -2.38. The summed E-state index contributed by atoms with van der Waals surface area (Å²) < 4.78 is 28.3. The van der Waals surface area contributed by atoms with Crippen molar-refractivity contribution in [2.75, 3.05) is 18.1 Å². The van der Waals surface area contributed by atoms with Crippen LogP contribution in [0.4, 0.5) is 4.79 Å². The highest BCUT2D eigenvalue weighted by molar-refractivity contribution is 7.91. The predicted molar refractivity (Wildman–Crippen MR) is 76.7 cm³/mol. The number of hydrogen-bond acceptors (Lipinski definition) is 5. The molecule has 0 aliphatic carbocycles. The van der Waals surface area contributed by atoms with Gasteiger partial charge in [0.1, 0.15) is 15.4 Å². The summed E-state index contributed by atoms with van der Waals surface area (Å²) in [5.74, 6) is -2.36. The highest BCUT2D eigenvalue weighted by Crippen LogP contribution is 2.25. The number of ether oxygens (including phenoxy) is 1. The van der Waals surface area contributed by atoms with E-state index in [2.05, 4.69) is 5.32 Å². The Morgan fingerprint density at radius 1 is 1.24 bits per heavy atom. The van der Waals surface area contributed by atoms with E-state index in [1.807, 2.05) is 0 Å². The van der Waals surface area contributed by atoms with Crippen molar-refractivity contribution in [2.24, 2.45) is 11.8 Å². The minimum Gasteiger partial charge on any atom is -0.481 e. The lowest BCUT2D eigenvalue weighted by Gasteiger charge is -2.23. The van der Waals surface area contributed by atoms with Crippen molar-refractivity contribution in [1.82, 2.24) is 5.32 Å². The molecule has 2 N–H and O–H groups in total. The fraction of sp³-hybridized carbons (Fsp3) is 0.846. The van der Waals surface area contributed by atoms with Gasteiger partial charge < -0.3 is 15.2 Å². The molecule has 1 fully saturated rings. The first-order valence-corrected chi connectivity index (χ1v) is 8.72.